The van der Waals surface area contributed by atoms with E-state index in [0.29, 0.717) is 17.6 Å². The second-order valence-corrected chi connectivity index (χ2v) is 7.28. The number of sulfonamides is 1. The molecule has 2 N–H and O–H groups in total. The minimum atomic E-state index is -3.54. The van der Waals surface area contributed by atoms with E-state index in [4.69, 9.17) is 5.26 Å². The van der Waals surface area contributed by atoms with Gasteiger partial charge in [0.1, 0.15) is 0 Å². The third-order valence-electron chi connectivity index (χ3n) is 4.07. The van der Waals surface area contributed by atoms with Gasteiger partial charge >= 0.3 is 0 Å². The van der Waals surface area contributed by atoms with Gasteiger partial charge in [0.15, 0.2) is 0 Å². The fraction of sp³-hybridized carbons (Fsp3) is 0.500. The van der Waals surface area contributed by atoms with Crippen LogP contribution in [0.4, 0.5) is 0 Å². The van der Waals surface area contributed by atoms with Crippen LogP contribution in [0.2, 0.25) is 0 Å². The first-order valence-corrected chi connectivity index (χ1v) is 8.34. The molecule has 3 rings (SSSR count). The van der Waals surface area contributed by atoms with Crippen LogP contribution < -0.4 is 10.0 Å². The van der Waals surface area contributed by atoms with E-state index in [2.05, 4.69) is 10.0 Å². The summed E-state index contributed by atoms with van der Waals surface area (Å²) >= 11 is 0. The highest BCUT2D eigenvalue weighted by atomic mass is 35.5. The molecule has 2 heterocycles. The Morgan fingerprint density at radius 1 is 1.24 bits per heavy atom. The van der Waals surface area contributed by atoms with Gasteiger partial charge in [0.05, 0.1) is 16.5 Å². The van der Waals surface area contributed by atoms with Crippen molar-refractivity contribution in [2.24, 2.45) is 0 Å². The molecule has 2 unspecified atom stereocenters. The molecule has 2 fully saturated rings. The number of hydrogen-bond acceptors (Lipinski definition) is 4. The minimum absolute atomic E-state index is 0. The molecule has 2 bridgehead atoms. The minimum Gasteiger partial charge on any atom is -0.311 e. The Labute approximate surface area is 131 Å². The molecule has 0 radical (unpaired) electrons. The van der Waals surface area contributed by atoms with Crippen molar-refractivity contribution < 1.29 is 8.42 Å². The van der Waals surface area contributed by atoms with Gasteiger partial charge < -0.3 is 5.32 Å². The molecule has 2 aliphatic rings. The number of fused-ring (bicyclic) bond motifs is 2. The summed E-state index contributed by atoms with van der Waals surface area (Å²) in [5.41, 5.74) is 0.359. The zero-order valence-corrected chi connectivity index (χ0v) is 13.1. The Balaban J connectivity index is 0.00000161. The zero-order valence-electron chi connectivity index (χ0n) is 11.5. The summed E-state index contributed by atoms with van der Waals surface area (Å²) in [4.78, 5) is 0.169. The Kier molecular flexibility index (Phi) is 4.89. The normalized spacial score (nSPS) is 27.7. The van der Waals surface area contributed by atoms with E-state index in [0.717, 1.165) is 25.7 Å². The van der Waals surface area contributed by atoms with Crippen LogP contribution in [0.15, 0.2) is 29.2 Å². The van der Waals surface area contributed by atoms with Crippen molar-refractivity contribution in [1.82, 2.24) is 10.0 Å². The van der Waals surface area contributed by atoms with Gasteiger partial charge in [-0.1, -0.05) is 6.07 Å². The molecule has 0 aromatic heterocycles. The van der Waals surface area contributed by atoms with Crippen molar-refractivity contribution in [2.45, 2.75) is 48.7 Å². The zero-order chi connectivity index (χ0) is 14.2. The van der Waals surface area contributed by atoms with Crippen molar-refractivity contribution >= 4 is 22.4 Å². The fourth-order valence-corrected chi connectivity index (χ4v) is 4.48. The molecule has 2 atom stereocenters. The molecule has 0 amide bonds. The first-order chi connectivity index (χ1) is 9.56. The maximum Gasteiger partial charge on any atom is 0.240 e. The maximum atomic E-state index is 12.4. The van der Waals surface area contributed by atoms with Crippen LogP contribution in [0.1, 0.15) is 31.2 Å². The van der Waals surface area contributed by atoms with E-state index in [1.807, 2.05) is 6.07 Å². The van der Waals surface area contributed by atoms with Crippen LogP contribution in [0.5, 0.6) is 0 Å². The Hall–Kier alpha value is -1.13. The van der Waals surface area contributed by atoms with Crippen LogP contribution in [0.3, 0.4) is 0 Å². The van der Waals surface area contributed by atoms with E-state index in [-0.39, 0.29) is 23.3 Å². The van der Waals surface area contributed by atoms with Crippen molar-refractivity contribution in [3.63, 3.8) is 0 Å². The quantitative estimate of drug-likeness (QED) is 0.882. The van der Waals surface area contributed by atoms with Crippen molar-refractivity contribution in [2.75, 3.05) is 0 Å². The third kappa shape index (κ3) is 3.55. The second-order valence-electron chi connectivity index (χ2n) is 5.57. The molecule has 1 aromatic rings. The molecular weight excluding hydrogens is 310 g/mol. The van der Waals surface area contributed by atoms with Crippen LogP contribution in [0.25, 0.3) is 0 Å². The highest BCUT2D eigenvalue weighted by Gasteiger charge is 2.35. The van der Waals surface area contributed by atoms with Gasteiger partial charge in [-0.25, -0.2) is 13.1 Å². The Bertz CT molecular complexity index is 644. The number of rotatable bonds is 3. The Morgan fingerprint density at radius 3 is 2.52 bits per heavy atom. The lowest BCUT2D eigenvalue weighted by Gasteiger charge is -2.29. The van der Waals surface area contributed by atoms with Gasteiger partial charge in [-0.3, -0.25) is 0 Å². The number of piperidine rings is 1. The number of halogens is 1. The van der Waals surface area contributed by atoms with E-state index >= 15 is 0 Å². The number of nitriles is 1. The molecule has 0 spiro atoms. The van der Waals surface area contributed by atoms with Crippen molar-refractivity contribution in [3.05, 3.63) is 29.8 Å². The van der Waals surface area contributed by atoms with Gasteiger partial charge in [0, 0.05) is 18.1 Å². The summed E-state index contributed by atoms with van der Waals surface area (Å²) in [6.07, 6.45) is 3.95. The highest BCUT2D eigenvalue weighted by Crippen LogP contribution is 2.27. The fourth-order valence-electron chi connectivity index (χ4n) is 3.17. The van der Waals surface area contributed by atoms with Gasteiger partial charge in [-0.05, 0) is 43.9 Å². The predicted octanol–water partition coefficient (Wildman–Crippen LogP) is 1.54. The monoisotopic (exact) mass is 327 g/mol. The van der Waals surface area contributed by atoms with Crippen LogP contribution >= 0.6 is 12.4 Å². The first kappa shape index (κ1) is 16.2. The molecule has 114 valence electrons. The molecule has 0 aliphatic carbocycles. The average Bonchev–Trinajstić information content (AvgIpc) is 2.77. The number of nitrogens with zero attached hydrogens (tertiary/aromatic N) is 1. The lowest BCUT2D eigenvalue weighted by atomic mass is 10.0. The molecule has 7 heteroatoms. The predicted molar refractivity (Wildman–Crippen MR) is 81.7 cm³/mol. The summed E-state index contributed by atoms with van der Waals surface area (Å²) in [6, 6.07) is 8.97. The van der Waals surface area contributed by atoms with E-state index in [1.54, 1.807) is 12.1 Å². The smallest absolute Gasteiger partial charge is 0.240 e. The van der Waals surface area contributed by atoms with E-state index in [9.17, 15) is 8.42 Å². The maximum absolute atomic E-state index is 12.4. The lowest BCUT2D eigenvalue weighted by Crippen LogP contribution is -2.47. The van der Waals surface area contributed by atoms with Crippen LogP contribution in [-0.2, 0) is 10.0 Å². The summed E-state index contributed by atoms with van der Waals surface area (Å²) < 4.78 is 27.5. The molecule has 0 saturated carbocycles. The molecule has 5 nitrogen and oxygen atoms in total. The summed E-state index contributed by atoms with van der Waals surface area (Å²) in [6.45, 7) is 0. The van der Waals surface area contributed by atoms with Gasteiger partial charge in [0.2, 0.25) is 10.0 Å². The topological polar surface area (TPSA) is 82.0 Å². The Morgan fingerprint density at radius 2 is 1.90 bits per heavy atom. The van der Waals surface area contributed by atoms with Gasteiger partial charge in [0.25, 0.3) is 0 Å². The van der Waals surface area contributed by atoms with E-state index < -0.39 is 10.0 Å². The van der Waals surface area contributed by atoms with Gasteiger partial charge in [-0.15, -0.1) is 12.4 Å². The number of benzene rings is 1. The van der Waals surface area contributed by atoms with Crippen molar-refractivity contribution in [3.8, 4) is 6.07 Å². The SMILES string of the molecule is Cl.N#Cc1cccc(S(=O)(=O)NC2CC3CCC(C2)N3)c1. The van der Waals surface area contributed by atoms with E-state index in [1.165, 1.54) is 12.1 Å². The number of nitrogens with one attached hydrogen (secondary N) is 2. The average molecular weight is 328 g/mol. The standard InChI is InChI=1S/C14H17N3O2S.ClH/c15-9-10-2-1-3-14(6-10)20(18,19)17-13-7-11-4-5-12(8-13)16-11;/h1-3,6,11-13,16-17H,4-5,7-8H2;1H. The van der Waals surface area contributed by atoms with Gasteiger partial charge in [-0.2, -0.15) is 5.26 Å². The van der Waals surface area contributed by atoms with Crippen LogP contribution in [0, 0.1) is 11.3 Å². The molecule has 2 aliphatic heterocycles. The highest BCUT2D eigenvalue weighted by molar-refractivity contribution is 7.89. The molecule has 1 aromatic carbocycles. The largest absolute Gasteiger partial charge is 0.311 e. The summed E-state index contributed by atoms with van der Waals surface area (Å²) in [7, 11) is -3.54. The van der Waals surface area contributed by atoms with Crippen molar-refractivity contribution in [1.29, 1.82) is 5.26 Å². The third-order valence-corrected chi connectivity index (χ3v) is 5.59. The summed E-state index contributed by atoms with van der Waals surface area (Å²) in [5, 5.41) is 12.3. The summed E-state index contributed by atoms with van der Waals surface area (Å²) in [5.74, 6) is 0. The number of hydrogen-bond donors (Lipinski definition) is 2. The molecular formula is C14H18ClN3O2S. The lowest BCUT2D eigenvalue weighted by molar-refractivity contribution is 0.345. The molecule has 21 heavy (non-hydrogen) atoms. The second kappa shape index (κ2) is 6.32. The van der Waals surface area contributed by atoms with Crippen LogP contribution in [-0.4, -0.2) is 26.5 Å². The first-order valence-electron chi connectivity index (χ1n) is 6.85. The molecule has 2 saturated heterocycles.